The van der Waals surface area contributed by atoms with E-state index in [4.69, 9.17) is 4.74 Å². The number of para-hydroxylation sites is 1. The number of ether oxygens (including phenoxy) is 1. The molecule has 9 heteroatoms. The van der Waals surface area contributed by atoms with Gasteiger partial charge in [0.15, 0.2) is 0 Å². The number of likely N-dealkylation sites (tertiary alicyclic amines) is 1. The van der Waals surface area contributed by atoms with Crippen LogP contribution in [0.3, 0.4) is 0 Å². The summed E-state index contributed by atoms with van der Waals surface area (Å²) in [6.45, 7) is 2.31. The number of halogens is 3. The summed E-state index contributed by atoms with van der Waals surface area (Å²) in [5, 5.41) is 4.89. The first-order chi connectivity index (χ1) is 15.3. The van der Waals surface area contributed by atoms with Gasteiger partial charge < -0.3 is 19.3 Å². The van der Waals surface area contributed by atoms with E-state index in [2.05, 4.69) is 10.0 Å². The molecule has 1 atom stereocenters. The average molecular weight is 448 g/mol. The van der Waals surface area contributed by atoms with Crippen LogP contribution in [0.5, 0.6) is 0 Å². The second kappa shape index (κ2) is 10.5. The number of nitrogens with zero attached hydrogens (tertiary/aromatic N) is 4. The molecule has 4 rings (SSSR count). The SMILES string of the molecule is CN(Cc1ccc(C2OC(C(F)F)=NN2C)cc1F)c1ccccc1.CN1CC(C=O)C1. The second-order valence-corrected chi connectivity index (χ2v) is 7.94. The van der Waals surface area contributed by atoms with Crippen molar-refractivity contribution in [3.8, 4) is 0 Å². The van der Waals surface area contributed by atoms with Gasteiger partial charge in [-0.25, -0.2) is 4.39 Å². The van der Waals surface area contributed by atoms with Crippen LogP contribution in [0.4, 0.5) is 18.9 Å². The molecule has 0 radical (unpaired) electrons. The number of hydrogen-bond donors (Lipinski definition) is 0. The lowest BCUT2D eigenvalue weighted by Crippen LogP contribution is -2.44. The minimum atomic E-state index is -2.80. The molecule has 2 heterocycles. The molecule has 0 aromatic heterocycles. The molecule has 0 N–H and O–H groups in total. The quantitative estimate of drug-likeness (QED) is 0.630. The van der Waals surface area contributed by atoms with Crippen molar-refractivity contribution in [2.75, 3.05) is 39.1 Å². The van der Waals surface area contributed by atoms with Crippen molar-refractivity contribution in [1.29, 1.82) is 0 Å². The molecule has 2 aromatic rings. The molecule has 2 aliphatic heterocycles. The summed E-state index contributed by atoms with van der Waals surface area (Å²) in [4.78, 5) is 14.0. The van der Waals surface area contributed by atoms with Crippen molar-refractivity contribution in [2.24, 2.45) is 11.0 Å². The Morgan fingerprint density at radius 1 is 1.19 bits per heavy atom. The highest BCUT2D eigenvalue weighted by atomic mass is 19.3. The number of hydrogen-bond acceptors (Lipinski definition) is 6. The van der Waals surface area contributed by atoms with Crippen LogP contribution in [0.1, 0.15) is 17.4 Å². The van der Waals surface area contributed by atoms with E-state index in [1.54, 1.807) is 12.1 Å². The summed E-state index contributed by atoms with van der Waals surface area (Å²) in [5.41, 5.74) is 1.91. The standard InChI is InChI=1S/C18H18F3N3O.C5H9NO/c1-23(14-6-4-3-5-7-14)11-13-9-8-12(10-15(13)19)18-24(2)22-17(25-18)16(20)21;1-6-2-5(3-6)4-7/h3-10,16,18H,11H2,1-2H3;4-5H,2-3H2,1H3. The summed E-state index contributed by atoms with van der Waals surface area (Å²) >= 11 is 0. The zero-order chi connectivity index (χ0) is 23.3. The number of carbonyl (C=O) groups is 1. The summed E-state index contributed by atoms with van der Waals surface area (Å²) in [7, 11) is 5.40. The molecule has 6 nitrogen and oxygen atoms in total. The van der Waals surface area contributed by atoms with Crippen LogP contribution in [0.25, 0.3) is 0 Å². The van der Waals surface area contributed by atoms with Gasteiger partial charge in [0.2, 0.25) is 6.23 Å². The normalized spacial score (nSPS) is 18.4. The van der Waals surface area contributed by atoms with Gasteiger partial charge in [-0.15, -0.1) is 5.10 Å². The molecule has 0 saturated carbocycles. The third-order valence-corrected chi connectivity index (χ3v) is 5.27. The highest BCUT2D eigenvalue weighted by molar-refractivity contribution is 5.80. The van der Waals surface area contributed by atoms with Crippen LogP contribution in [-0.2, 0) is 16.1 Å². The van der Waals surface area contributed by atoms with Crippen LogP contribution in [-0.4, -0.2) is 62.8 Å². The van der Waals surface area contributed by atoms with E-state index in [-0.39, 0.29) is 0 Å². The van der Waals surface area contributed by atoms with Crippen molar-refractivity contribution in [1.82, 2.24) is 9.91 Å². The summed E-state index contributed by atoms with van der Waals surface area (Å²) in [5.74, 6) is -0.728. The number of rotatable bonds is 6. The smallest absolute Gasteiger partial charge is 0.314 e. The fraction of sp³-hybridized carbons (Fsp3) is 0.391. The molecular weight excluding hydrogens is 421 g/mol. The van der Waals surface area contributed by atoms with Gasteiger partial charge in [-0.3, -0.25) is 5.01 Å². The fourth-order valence-corrected chi connectivity index (χ4v) is 3.51. The second-order valence-electron chi connectivity index (χ2n) is 7.94. The van der Waals surface area contributed by atoms with E-state index in [0.29, 0.717) is 23.6 Å². The van der Waals surface area contributed by atoms with E-state index >= 15 is 0 Å². The maximum atomic E-state index is 14.5. The highest BCUT2D eigenvalue weighted by Gasteiger charge is 2.32. The molecule has 172 valence electrons. The Balaban J connectivity index is 0.000000352. The Hall–Kier alpha value is -3.07. The average Bonchev–Trinajstić information content (AvgIpc) is 3.16. The minimum Gasteiger partial charge on any atom is -0.446 e. The van der Waals surface area contributed by atoms with E-state index in [1.807, 2.05) is 49.3 Å². The molecule has 2 aliphatic rings. The van der Waals surface area contributed by atoms with Crippen molar-refractivity contribution >= 4 is 17.9 Å². The lowest BCUT2D eigenvalue weighted by atomic mass is 10.0. The lowest BCUT2D eigenvalue weighted by molar-refractivity contribution is -0.115. The maximum absolute atomic E-state index is 14.5. The Morgan fingerprint density at radius 2 is 1.88 bits per heavy atom. The van der Waals surface area contributed by atoms with E-state index in [9.17, 15) is 18.0 Å². The monoisotopic (exact) mass is 448 g/mol. The minimum absolute atomic E-state index is 0.338. The van der Waals surface area contributed by atoms with E-state index < -0.39 is 24.4 Å². The lowest BCUT2D eigenvalue weighted by Gasteiger charge is -2.31. The number of anilines is 1. The molecule has 32 heavy (non-hydrogen) atoms. The van der Waals surface area contributed by atoms with Crippen molar-refractivity contribution in [3.63, 3.8) is 0 Å². The molecule has 1 fully saturated rings. The Bertz CT molecular complexity index is 936. The first-order valence-electron chi connectivity index (χ1n) is 10.2. The molecule has 1 saturated heterocycles. The Labute approximate surface area is 185 Å². The van der Waals surface area contributed by atoms with E-state index in [1.165, 1.54) is 18.1 Å². The van der Waals surface area contributed by atoms with Gasteiger partial charge in [-0.2, -0.15) is 8.78 Å². The number of aldehydes is 1. The summed E-state index contributed by atoms with van der Waals surface area (Å²) in [6, 6.07) is 14.2. The van der Waals surface area contributed by atoms with Crippen molar-refractivity contribution in [3.05, 3.63) is 65.5 Å². The molecular formula is C23H27F3N4O2. The maximum Gasteiger partial charge on any atom is 0.314 e. The summed E-state index contributed by atoms with van der Waals surface area (Å²) in [6.07, 6.45) is -2.62. The van der Waals surface area contributed by atoms with Gasteiger partial charge in [0.25, 0.3) is 5.90 Å². The number of benzene rings is 2. The largest absolute Gasteiger partial charge is 0.446 e. The molecule has 2 aromatic carbocycles. The predicted octanol–water partition coefficient (Wildman–Crippen LogP) is 3.75. The Kier molecular flexibility index (Phi) is 7.74. The molecule has 1 unspecified atom stereocenters. The zero-order valence-corrected chi connectivity index (χ0v) is 18.3. The molecule has 0 spiro atoms. The third kappa shape index (κ3) is 5.79. The summed E-state index contributed by atoms with van der Waals surface area (Å²) < 4.78 is 45.0. The van der Waals surface area contributed by atoms with Crippen LogP contribution >= 0.6 is 0 Å². The van der Waals surface area contributed by atoms with Gasteiger partial charge in [0.05, 0.1) is 0 Å². The Morgan fingerprint density at radius 3 is 2.38 bits per heavy atom. The van der Waals surface area contributed by atoms with Gasteiger partial charge >= 0.3 is 6.43 Å². The van der Waals surface area contributed by atoms with Gasteiger partial charge in [0, 0.05) is 56.5 Å². The van der Waals surface area contributed by atoms with Crippen LogP contribution in [0, 0.1) is 11.7 Å². The number of hydrazone groups is 1. The van der Waals surface area contributed by atoms with Crippen molar-refractivity contribution < 1.29 is 22.7 Å². The topological polar surface area (TPSA) is 48.4 Å². The van der Waals surface area contributed by atoms with Gasteiger partial charge in [0.1, 0.15) is 12.1 Å². The van der Waals surface area contributed by atoms with Crippen LogP contribution < -0.4 is 4.90 Å². The van der Waals surface area contributed by atoms with E-state index in [0.717, 1.165) is 25.1 Å². The van der Waals surface area contributed by atoms with Crippen LogP contribution in [0.15, 0.2) is 53.6 Å². The first-order valence-corrected chi connectivity index (χ1v) is 10.2. The van der Waals surface area contributed by atoms with Crippen molar-refractivity contribution in [2.45, 2.75) is 19.2 Å². The number of carbonyl (C=O) groups excluding carboxylic acids is 1. The van der Waals surface area contributed by atoms with Gasteiger partial charge in [-0.05, 0) is 25.2 Å². The van der Waals surface area contributed by atoms with Crippen LogP contribution in [0.2, 0.25) is 0 Å². The predicted molar refractivity (Wildman–Crippen MR) is 117 cm³/mol. The molecule has 0 bridgehead atoms. The fourth-order valence-electron chi connectivity index (χ4n) is 3.51. The molecule has 0 aliphatic carbocycles. The molecule has 0 amide bonds. The highest BCUT2D eigenvalue weighted by Crippen LogP contribution is 2.29. The third-order valence-electron chi connectivity index (χ3n) is 5.27. The number of alkyl halides is 2. The first kappa shape index (κ1) is 23.6. The zero-order valence-electron chi connectivity index (χ0n) is 18.3. The van der Waals surface area contributed by atoms with Gasteiger partial charge in [-0.1, -0.05) is 30.3 Å².